The first kappa shape index (κ1) is 13.3. The van der Waals surface area contributed by atoms with E-state index in [-0.39, 0.29) is 11.7 Å². The fourth-order valence-corrected chi connectivity index (χ4v) is 4.25. The SMILES string of the molecule is Fc1cccc(C2c3ccc(Cl)cc3C3NCCCC32)c1. The number of rotatable bonds is 1. The molecule has 1 N–H and O–H groups in total. The molecule has 2 aromatic carbocycles. The highest BCUT2D eigenvalue weighted by Crippen LogP contribution is 2.52. The lowest BCUT2D eigenvalue weighted by molar-refractivity contribution is 0.286. The molecule has 21 heavy (non-hydrogen) atoms. The van der Waals surface area contributed by atoms with Crippen molar-refractivity contribution in [2.75, 3.05) is 6.54 Å². The summed E-state index contributed by atoms with van der Waals surface area (Å²) in [4.78, 5) is 0. The Balaban J connectivity index is 1.86. The second kappa shape index (κ2) is 5.11. The predicted molar refractivity (Wildman–Crippen MR) is 83.2 cm³/mol. The van der Waals surface area contributed by atoms with Crippen molar-refractivity contribution < 1.29 is 4.39 Å². The quantitative estimate of drug-likeness (QED) is 0.807. The molecular formula is C18H17ClFN. The molecule has 108 valence electrons. The third-order valence-corrected chi connectivity index (χ3v) is 5.10. The van der Waals surface area contributed by atoms with Crippen LogP contribution >= 0.6 is 11.6 Å². The molecule has 0 bridgehead atoms. The molecular weight excluding hydrogens is 285 g/mol. The summed E-state index contributed by atoms with van der Waals surface area (Å²) < 4.78 is 13.6. The van der Waals surface area contributed by atoms with E-state index >= 15 is 0 Å². The number of hydrogen-bond acceptors (Lipinski definition) is 1. The van der Waals surface area contributed by atoms with Crippen molar-refractivity contribution in [1.82, 2.24) is 5.32 Å². The van der Waals surface area contributed by atoms with Gasteiger partial charge in [0.15, 0.2) is 0 Å². The number of halogens is 2. The molecule has 3 heteroatoms. The number of nitrogens with one attached hydrogen (secondary N) is 1. The zero-order valence-electron chi connectivity index (χ0n) is 11.7. The minimum Gasteiger partial charge on any atom is -0.310 e. The molecule has 0 amide bonds. The van der Waals surface area contributed by atoms with Gasteiger partial charge in [-0.25, -0.2) is 4.39 Å². The van der Waals surface area contributed by atoms with Gasteiger partial charge < -0.3 is 5.32 Å². The van der Waals surface area contributed by atoms with Crippen molar-refractivity contribution in [2.24, 2.45) is 5.92 Å². The average molecular weight is 302 g/mol. The lowest BCUT2D eigenvalue weighted by atomic mass is 9.80. The summed E-state index contributed by atoms with van der Waals surface area (Å²) in [6.07, 6.45) is 2.35. The van der Waals surface area contributed by atoms with Crippen LogP contribution < -0.4 is 5.32 Å². The Morgan fingerprint density at radius 1 is 1.10 bits per heavy atom. The minimum absolute atomic E-state index is 0.157. The Kier molecular flexibility index (Phi) is 3.24. The van der Waals surface area contributed by atoms with Gasteiger partial charge in [0.05, 0.1) is 0 Å². The fraction of sp³-hybridized carbons (Fsp3) is 0.333. The topological polar surface area (TPSA) is 12.0 Å². The normalized spacial score (nSPS) is 27.2. The molecule has 1 saturated heterocycles. The lowest BCUT2D eigenvalue weighted by Crippen LogP contribution is -2.32. The van der Waals surface area contributed by atoms with Crippen LogP contribution in [0, 0.1) is 11.7 Å². The van der Waals surface area contributed by atoms with Crippen LogP contribution in [0.1, 0.15) is 41.5 Å². The smallest absolute Gasteiger partial charge is 0.123 e. The largest absolute Gasteiger partial charge is 0.310 e. The monoisotopic (exact) mass is 301 g/mol. The highest BCUT2D eigenvalue weighted by Gasteiger charge is 2.42. The van der Waals surface area contributed by atoms with Gasteiger partial charge in [0.25, 0.3) is 0 Å². The molecule has 4 rings (SSSR count). The summed E-state index contributed by atoms with van der Waals surface area (Å²) in [6.45, 7) is 1.04. The van der Waals surface area contributed by atoms with Gasteiger partial charge in [-0.1, -0.05) is 29.8 Å². The van der Waals surface area contributed by atoms with Crippen LogP contribution in [0.5, 0.6) is 0 Å². The molecule has 1 heterocycles. The van der Waals surface area contributed by atoms with E-state index in [9.17, 15) is 4.39 Å². The van der Waals surface area contributed by atoms with Crippen LogP contribution in [0.2, 0.25) is 5.02 Å². The molecule has 1 aliphatic carbocycles. The third-order valence-electron chi connectivity index (χ3n) is 4.86. The molecule has 1 nitrogen and oxygen atoms in total. The Bertz CT molecular complexity index is 685. The van der Waals surface area contributed by atoms with Crippen LogP contribution in [0.3, 0.4) is 0 Å². The highest BCUT2D eigenvalue weighted by molar-refractivity contribution is 6.30. The summed E-state index contributed by atoms with van der Waals surface area (Å²) in [5.74, 6) is 0.606. The van der Waals surface area contributed by atoms with Gasteiger partial charge in [-0.15, -0.1) is 0 Å². The van der Waals surface area contributed by atoms with E-state index in [0.717, 1.165) is 17.1 Å². The van der Waals surface area contributed by atoms with Gasteiger partial charge in [-0.3, -0.25) is 0 Å². The van der Waals surface area contributed by atoms with Crippen molar-refractivity contribution >= 4 is 11.6 Å². The van der Waals surface area contributed by atoms with Gasteiger partial charge in [0, 0.05) is 17.0 Å². The Morgan fingerprint density at radius 3 is 2.86 bits per heavy atom. The van der Waals surface area contributed by atoms with Crippen molar-refractivity contribution in [3.8, 4) is 0 Å². The van der Waals surface area contributed by atoms with Gasteiger partial charge >= 0.3 is 0 Å². The molecule has 2 aliphatic rings. The maximum Gasteiger partial charge on any atom is 0.123 e. The number of hydrogen-bond donors (Lipinski definition) is 1. The summed E-state index contributed by atoms with van der Waals surface area (Å²) in [5.41, 5.74) is 3.67. The van der Waals surface area contributed by atoms with Crippen LogP contribution in [0.25, 0.3) is 0 Å². The van der Waals surface area contributed by atoms with E-state index in [1.165, 1.54) is 30.0 Å². The first-order chi connectivity index (χ1) is 10.2. The van der Waals surface area contributed by atoms with Crippen LogP contribution in [-0.4, -0.2) is 6.54 Å². The van der Waals surface area contributed by atoms with Gasteiger partial charge in [-0.05, 0) is 66.3 Å². The zero-order valence-corrected chi connectivity index (χ0v) is 12.4. The standard InChI is InChI=1S/C18H17ClFN/c19-12-6-7-14-16(10-12)18-15(5-2-8-21-18)17(14)11-3-1-4-13(20)9-11/h1,3-4,6-7,9-10,15,17-18,21H,2,5,8H2. The van der Waals surface area contributed by atoms with Crippen molar-refractivity contribution in [2.45, 2.75) is 24.8 Å². The zero-order chi connectivity index (χ0) is 14.4. The Morgan fingerprint density at radius 2 is 2.00 bits per heavy atom. The first-order valence-corrected chi connectivity index (χ1v) is 7.90. The summed E-state index contributed by atoms with van der Waals surface area (Å²) in [7, 11) is 0. The second-order valence-electron chi connectivity index (χ2n) is 6.04. The molecule has 1 fully saturated rings. The van der Waals surface area contributed by atoms with Gasteiger partial charge in [0.2, 0.25) is 0 Å². The third kappa shape index (κ3) is 2.18. The molecule has 0 aromatic heterocycles. The van der Waals surface area contributed by atoms with E-state index in [2.05, 4.69) is 17.4 Å². The van der Waals surface area contributed by atoms with E-state index in [0.29, 0.717) is 12.0 Å². The summed E-state index contributed by atoms with van der Waals surface area (Å²) in [5, 5.41) is 4.40. The summed E-state index contributed by atoms with van der Waals surface area (Å²) in [6, 6.07) is 13.5. The maximum absolute atomic E-state index is 13.6. The van der Waals surface area contributed by atoms with Crippen molar-refractivity contribution in [3.63, 3.8) is 0 Å². The Labute approximate surface area is 129 Å². The predicted octanol–water partition coefficient (Wildman–Crippen LogP) is 4.67. The molecule has 3 atom stereocenters. The van der Waals surface area contributed by atoms with E-state index < -0.39 is 0 Å². The molecule has 0 radical (unpaired) electrons. The molecule has 0 spiro atoms. The van der Waals surface area contributed by atoms with Gasteiger partial charge in [-0.2, -0.15) is 0 Å². The molecule has 3 unspecified atom stereocenters. The van der Waals surface area contributed by atoms with E-state index in [1.807, 2.05) is 18.2 Å². The molecule has 2 aromatic rings. The van der Waals surface area contributed by atoms with Crippen LogP contribution in [0.4, 0.5) is 4.39 Å². The maximum atomic E-state index is 13.6. The van der Waals surface area contributed by atoms with Crippen LogP contribution in [0.15, 0.2) is 42.5 Å². The minimum atomic E-state index is -0.157. The van der Waals surface area contributed by atoms with Crippen molar-refractivity contribution in [3.05, 3.63) is 70.0 Å². The van der Waals surface area contributed by atoms with E-state index in [4.69, 9.17) is 11.6 Å². The second-order valence-corrected chi connectivity index (χ2v) is 6.48. The number of fused-ring (bicyclic) bond motifs is 3. The number of piperidine rings is 1. The molecule has 1 aliphatic heterocycles. The lowest BCUT2D eigenvalue weighted by Gasteiger charge is -2.31. The fourth-order valence-electron chi connectivity index (χ4n) is 4.07. The van der Waals surface area contributed by atoms with E-state index in [1.54, 1.807) is 6.07 Å². The summed E-state index contributed by atoms with van der Waals surface area (Å²) >= 11 is 6.19. The molecule has 0 saturated carbocycles. The first-order valence-electron chi connectivity index (χ1n) is 7.52. The Hall–Kier alpha value is -1.38. The van der Waals surface area contributed by atoms with Crippen molar-refractivity contribution in [1.29, 1.82) is 0 Å². The average Bonchev–Trinajstić information content (AvgIpc) is 2.81. The van der Waals surface area contributed by atoms with Crippen LogP contribution in [-0.2, 0) is 0 Å². The van der Waals surface area contributed by atoms with Gasteiger partial charge in [0.1, 0.15) is 5.82 Å². The number of benzene rings is 2. The highest BCUT2D eigenvalue weighted by atomic mass is 35.5.